The number of nitrogens with one attached hydrogen (secondary N) is 2. The molecular formula is C18H20F3N2OS+. The zero-order valence-corrected chi connectivity index (χ0v) is 14.6. The summed E-state index contributed by atoms with van der Waals surface area (Å²) in [6.45, 7) is 2.80. The Morgan fingerprint density at radius 1 is 1.28 bits per heavy atom. The third-order valence-corrected chi connectivity index (χ3v) is 5.71. The summed E-state index contributed by atoms with van der Waals surface area (Å²) in [4.78, 5) is 15.0. The summed E-state index contributed by atoms with van der Waals surface area (Å²) < 4.78 is 37.8. The monoisotopic (exact) mass is 369 g/mol. The molecule has 7 heteroatoms. The van der Waals surface area contributed by atoms with Gasteiger partial charge in [0.1, 0.15) is 6.04 Å². The molecule has 2 aromatic rings. The molecule has 1 aromatic heterocycles. The number of alkyl halides is 3. The molecule has 25 heavy (non-hydrogen) atoms. The summed E-state index contributed by atoms with van der Waals surface area (Å²) in [7, 11) is 0. The Morgan fingerprint density at radius 3 is 2.60 bits per heavy atom. The minimum Gasteiger partial charge on any atom is -0.321 e. The van der Waals surface area contributed by atoms with Crippen LogP contribution in [0.5, 0.6) is 0 Å². The number of rotatable bonds is 4. The molecule has 0 bridgehead atoms. The van der Waals surface area contributed by atoms with Crippen molar-refractivity contribution in [3.05, 3.63) is 52.2 Å². The minimum absolute atomic E-state index is 0.168. The molecule has 1 amide bonds. The van der Waals surface area contributed by atoms with Crippen LogP contribution in [0, 0.1) is 0 Å². The Kier molecular flexibility index (Phi) is 5.15. The number of anilines is 1. The van der Waals surface area contributed by atoms with Crippen LogP contribution in [-0.2, 0) is 11.0 Å². The lowest BCUT2D eigenvalue weighted by atomic mass is 10.1. The van der Waals surface area contributed by atoms with Gasteiger partial charge < -0.3 is 10.2 Å². The second-order valence-corrected chi connectivity index (χ2v) is 7.30. The molecule has 1 saturated heterocycles. The standard InChI is InChI=1S/C18H19F3N2OS/c1-12(23-10-2-4-15(23)16-5-3-11-25-16)17(24)22-14-8-6-13(7-9-14)18(19,20)21/h3,5-9,11-12,15H,2,4,10H2,1H3,(H,22,24)/p+1/t12-,15-/m1/s1. The molecule has 1 unspecified atom stereocenters. The van der Waals surface area contributed by atoms with E-state index in [4.69, 9.17) is 0 Å². The van der Waals surface area contributed by atoms with E-state index < -0.39 is 11.7 Å². The third-order valence-electron chi connectivity index (χ3n) is 4.72. The second kappa shape index (κ2) is 7.17. The zero-order chi connectivity index (χ0) is 18.0. The molecule has 0 aliphatic carbocycles. The largest absolute Gasteiger partial charge is 0.416 e. The summed E-state index contributed by atoms with van der Waals surface area (Å²) in [5.74, 6) is -0.168. The van der Waals surface area contributed by atoms with E-state index in [0.29, 0.717) is 11.7 Å². The van der Waals surface area contributed by atoms with Crippen LogP contribution in [0.25, 0.3) is 0 Å². The maximum atomic E-state index is 12.6. The number of thiophene rings is 1. The summed E-state index contributed by atoms with van der Waals surface area (Å²) in [5.41, 5.74) is -0.336. The molecule has 3 atom stereocenters. The fraction of sp³-hybridized carbons (Fsp3) is 0.389. The molecule has 0 radical (unpaired) electrons. The number of carbonyl (C=O) groups is 1. The van der Waals surface area contributed by atoms with Gasteiger partial charge in [0.25, 0.3) is 5.91 Å². The topological polar surface area (TPSA) is 33.5 Å². The molecule has 1 aliphatic rings. The van der Waals surface area contributed by atoms with Crippen molar-refractivity contribution in [2.24, 2.45) is 0 Å². The lowest BCUT2D eigenvalue weighted by Crippen LogP contribution is -3.15. The van der Waals surface area contributed by atoms with Gasteiger partial charge in [-0.05, 0) is 42.6 Å². The highest BCUT2D eigenvalue weighted by molar-refractivity contribution is 7.10. The van der Waals surface area contributed by atoms with Crippen LogP contribution in [0.4, 0.5) is 18.9 Å². The lowest BCUT2D eigenvalue weighted by molar-refractivity contribution is -0.931. The van der Waals surface area contributed by atoms with Crippen LogP contribution in [-0.4, -0.2) is 18.5 Å². The van der Waals surface area contributed by atoms with Crippen LogP contribution >= 0.6 is 11.3 Å². The molecular weight excluding hydrogens is 349 g/mol. The summed E-state index contributed by atoms with van der Waals surface area (Å²) in [6, 6.07) is 8.72. The molecule has 3 nitrogen and oxygen atoms in total. The normalized spacial score (nSPS) is 21.9. The predicted octanol–water partition coefficient (Wildman–Crippen LogP) is 3.51. The van der Waals surface area contributed by atoms with Crippen molar-refractivity contribution in [3.8, 4) is 0 Å². The number of hydrogen-bond acceptors (Lipinski definition) is 2. The first kappa shape index (κ1) is 17.9. The number of likely N-dealkylation sites (tertiary alicyclic amines) is 1. The highest BCUT2D eigenvalue weighted by Gasteiger charge is 2.37. The maximum absolute atomic E-state index is 12.6. The molecule has 2 N–H and O–H groups in total. The highest BCUT2D eigenvalue weighted by atomic mass is 32.1. The van der Waals surface area contributed by atoms with Crippen LogP contribution in [0.1, 0.15) is 36.2 Å². The first-order valence-electron chi connectivity index (χ1n) is 8.23. The number of halogens is 3. The quantitative estimate of drug-likeness (QED) is 0.850. The Morgan fingerprint density at radius 2 is 2.00 bits per heavy atom. The zero-order valence-electron chi connectivity index (χ0n) is 13.8. The van der Waals surface area contributed by atoms with Crippen molar-refractivity contribution in [2.45, 2.75) is 38.0 Å². The molecule has 1 aliphatic heterocycles. The van der Waals surface area contributed by atoms with E-state index in [0.717, 1.165) is 31.5 Å². The second-order valence-electron chi connectivity index (χ2n) is 6.32. The fourth-order valence-electron chi connectivity index (χ4n) is 3.36. The van der Waals surface area contributed by atoms with E-state index >= 15 is 0 Å². The first-order chi connectivity index (χ1) is 11.9. The third kappa shape index (κ3) is 4.04. The van der Waals surface area contributed by atoms with Crippen molar-refractivity contribution in [1.29, 1.82) is 0 Å². The maximum Gasteiger partial charge on any atom is 0.416 e. The van der Waals surface area contributed by atoms with E-state index in [2.05, 4.69) is 11.4 Å². The van der Waals surface area contributed by atoms with Crippen LogP contribution in [0.15, 0.2) is 41.8 Å². The lowest BCUT2D eigenvalue weighted by Gasteiger charge is -2.26. The van der Waals surface area contributed by atoms with E-state index in [9.17, 15) is 18.0 Å². The molecule has 1 aromatic carbocycles. The average molecular weight is 369 g/mol. The summed E-state index contributed by atoms with van der Waals surface area (Å²) >= 11 is 1.70. The SMILES string of the molecule is C[C@H](C(=O)Nc1ccc(C(F)(F)F)cc1)[NH+]1CCC[C@@H]1c1cccs1. The smallest absolute Gasteiger partial charge is 0.321 e. The van der Waals surface area contributed by atoms with Gasteiger partial charge in [0.05, 0.1) is 17.0 Å². The van der Waals surface area contributed by atoms with Gasteiger partial charge in [-0.15, -0.1) is 11.3 Å². The summed E-state index contributed by atoms with van der Waals surface area (Å²) in [5, 5.41) is 4.78. The van der Waals surface area contributed by atoms with Crippen LogP contribution in [0.3, 0.4) is 0 Å². The Hall–Kier alpha value is -1.86. The van der Waals surface area contributed by atoms with E-state index in [1.807, 2.05) is 18.4 Å². The first-order valence-corrected chi connectivity index (χ1v) is 9.11. The van der Waals surface area contributed by atoms with Gasteiger partial charge in [-0.3, -0.25) is 4.79 Å². The van der Waals surface area contributed by atoms with Gasteiger partial charge in [0.2, 0.25) is 0 Å². The van der Waals surface area contributed by atoms with Gasteiger partial charge in [0, 0.05) is 18.5 Å². The van der Waals surface area contributed by atoms with E-state index in [1.54, 1.807) is 11.3 Å². The Labute approximate surface area is 148 Å². The average Bonchev–Trinajstić information content (AvgIpc) is 3.24. The van der Waals surface area contributed by atoms with Crippen molar-refractivity contribution < 1.29 is 22.9 Å². The van der Waals surface area contributed by atoms with E-state index in [-0.39, 0.29) is 11.9 Å². The van der Waals surface area contributed by atoms with Crippen LogP contribution in [0.2, 0.25) is 0 Å². The predicted molar refractivity (Wildman–Crippen MR) is 91.7 cm³/mol. The van der Waals surface area contributed by atoms with Gasteiger partial charge >= 0.3 is 6.18 Å². The number of carbonyl (C=O) groups excluding carboxylic acids is 1. The molecule has 1 fully saturated rings. The Balaban J connectivity index is 1.66. The van der Waals surface area contributed by atoms with Crippen molar-refractivity contribution in [3.63, 3.8) is 0 Å². The number of amides is 1. The molecule has 134 valence electrons. The van der Waals surface area contributed by atoms with Crippen molar-refractivity contribution in [1.82, 2.24) is 0 Å². The van der Waals surface area contributed by atoms with Crippen molar-refractivity contribution >= 4 is 22.9 Å². The molecule has 3 rings (SSSR count). The van der Waals surface area contributed by atoms with E-state index in [1.165, 1.54) is 21.9 Å². The summed E-state index contributed by atoms with van der Waals surface area (Å²) in [6.07, 6.45) is -2.26. The minimum atomic E-state index is -4.37. The number of hydrogen-bond donors (Lipinski definition) is 2. The van der Waals surface area contributed by atoms with Gasteiger partial charge in [0.15, 0.2) is 6.04 Å². The Bertz CT molecular complexity index is 713. The van der Waals surface area contributed by atoms with Crippen LogP contribution < -0.4 is 10.2 Å². The van der Waals surface area contributed by atoms with Gasteiger partial charge in [-0.1, -0.05) is 6.07 Å². The number of benzene rings is 1. The highest BCUT2D eigenvalue weighted by Crippen LogP contribution is 2.30. The fourth-order valence-corrected chi connectivity index (χ4v) is 4.27. The molecule has 2 heterocycles. The number of quaternary nitrogens is 1. The van der Waals surface area contributed by atoms with Crippen molar-refractivity contribution in [2.75, 3.05) is 11.9 Å². The molecule has 0 saturated carbocycles. The van der Waals surface area contributed by atoms with Gasteiger partial charge in [-0.2, -0.15) is 13.2 Å². The van der Waals surface area contributed by atoms with Gasteiger partial charge in [-0.25, -0.2) is 0 Å². The molecule has 0 spiro atoms.